The van der Waals surface area contributed by atoms with Crippen LogP contribution in [-0.4, -0.2) is 35.3 Å². The lowest BCUT2D eigenvalue weighted by atomic mass is 9.81. The molecule has 1 aromatic carbocycles. The number of carbonyl (C=O) groups excluding carboxylic acids is 1. The molecule has 0 saturated carbocycles. The molecule has 1 aromatic heterocycles. The van der Waals surface area contributed by atoms with Crippen molar-refractivity contribution in [3.8, 4) is 0 Å². The van der Waals surface area contributed by atoms with Gasteiger partial charge in [0.25, 0.3) is 11.5 Å². The number of nitrogens with one attached hydrogen (secondary N) is 2. The average Bonchev–Trinajstić information content (AvgIpc) is 2.69. The summed E-state index contributed by atoms with van der Waals surface area (Å²) in [5, 5.41) is 12.1. The molecule has 0 atom stereocenters. The van der Waals surface area contributed by atoms with Gasteiger partial charge in [0.1, 0.15) is 0 Å². The van der Waals surface area contributed by atoms with E-state index in [-0.39, 0.29) is 16.9 Å². The minimum atomic E-state index is -0.199. The van der Waals surface area contributed by atoms with Crippen molar-refractivity contribution in [2.45, 2.75) is 52.5 Å². The Kier molecular flexibility index (Phi) is 6.26. The smallest absolute Gasteiger partial charge is 0.274 e. The molecule has 0 radical (unpaired) electrons. The summed E-state index contributed by atoms with van der Waals surface area (Å²) in [7, 11) is 0. The molecule has 0 bridgehead atoms. The summed E-state index contributed by atoms with van der Waals surface area (Å²) in [5.74, 6) is -0.199. The molecule has 1 fully saturated rings. The third-order valence-electron chi connectivity index (χ3n) is 5.54. The number of hydrogen-bond acceptors (Lipinski definition) is 4. The average molecular weight is 370 g/mol. The predicted molar refractivity (Wildman–Crippen MR) is 108 cm³/mol. The van der Waals surface area contributed by atoms with Crippen LogP contribution in [0.5, 0.6) is 0 Å². The summed E-state index contributed by atoms with van der Waals surface area (Å²) in [6.07, 6.45) is 5.07. The highest BCUT2D eigenvalue weighted by atomic mass is 16.2. The molecule has 0 unspecified atom stereocenters. The summed E-state index contributed by atoms with van der Waals surface area (Å²) in [4.78, 5) is 25.6. The number of fused-ring (bicyclic) bond motifs is 1. The molecule has 6 heteroatoms. The molecule has 27 heavy (non-hydrogen) atoms. The first-order valence-electron chi connectivity index (χ1n) is 10.0. The maximum atomic E-state index is 12.9. The first-order valence-corrected chi connectivity index (χ1v) is 10.0. The van der Waals surface area contributed by atoms with Crippen LogP contribution in [0.15, 0.2) is 29.1 Å². The van der Waals surface area contributed by atoms with Gasteiger partial charge in [-0.05, 0) is 43.8 Å². The van der Waals surface area contributed by atoms with Crippen LogP contribution in [0.25, 0.3) is 10.8 Å². The zero-order valence-corrected chi connectivity index (χ0v) is 16.4. The number of rotatable bonds is 7. The van der Waals surface area contributed by atoms with Gasteiger partial charge >= 0.3 is 0 Å². The van der Waals surface area contributed by atoms with E-state index in [4.69, 9.17) is 0 Å². The number of aromatic nitrogens is 2. The van der Waals surface area contributed by atoms with E-state index in [1.165, 1.54) is 4.68 Å². The molecule has 1 saturated heterocycles. The number of nitrogens with zero attached hydrogens (tertiary/aromatic N) is 2. The quantitative estimate of drug-likeness (QED) is 0.735. The topological polar surface area (TPSA) is 76.0 Å². The van der Waals surface area contributed by atoms with Crippen LogP contribution in [0, 0.1) is 5.41 Å². The SMILES string of the molecule is CCCCCn1nc(C(=O)NCC2(C)CCNCC2)c2ccccc2c1=O. The van der Waals surface area contributed by atoms with Gasteiger partial charge < -0.3 is 10.6 Å². The van der Waals surface area contributed by atoms with Crippen molar-refractivity contribution < 1.29 is 4.79 Å². The Morgan fingerprint density at radius 1 is 1.22 bits per heavy atom. The lowest BCUT2D eigenvalue weighted by Crippen LogP contribution is -2.43. The van der Waals surface area contributed by atoms with Gasteiger partial charge in [0, 0.05) is 18.5 Å². The first-order chi connectivity index (χ1) is 13.0. The van der Waals surface area contributed by atoms with Gasteiger partial charge in [-0.15, -0.1) is 0 Å². The van der Waals surface area contributed by atoms with Gasteiger partial charge in [-0.2, -0.15) is 5.10 Å². The van der Waals surface area contributed by atoms with Crippen molar-refractivity contribution in [3.05, 3.63) is 40.3 Å². The van der Waals surface area contributed by atoms with Crippen LogP contribution >= 0.6 is 0 Å². The molecule has 146 valence electrons. The van der Waals surface area contributed by atoms with Crippen LogP contribution in [0.3, 0.4) is 0 Å². The summed E-state index contributed by atoms with van der Waals surface area (Å²) in [6, 6.07) is 7.26. The summed E-state index contributed by atoms with van der Waals surface area (Å²) in [5.41, 5.74) is 0.328. The second kappa shape index (κ2) is 8.65. The van der Waals surface area contributed by atoms with E-state index in [1.54, 1.807) is 12.1 Å². The maximum Gasteiger partial charge on any atom is 0.274 e. The maximum absolute atomic E-state index is 12.9. The Labute approximate surface area is 160 Å². The Morgan fingerprint density at radius 2 is 1.93 bits per heavy atom. The molecular weight excluding hydrogens is 340 g/mol. The molecule has 0 aliphatic carbocycles. The van der Waals surface area contributed by atoms with E-state index in [0.717, 1.165) is 45.2 Å². The van der Waals surface area contributed by atoms with E-state index in [0.29, 0.717) is 29.6 Å². The predicted octanol–water partition coefficient (Wildman–Crippen LogP) is 2.71. The third kappa shape index (κ3) is 4.56. The number of hydrogen-bond donors (Lipinski definition) is 2. The number of aryl methyl sites for hydroxylation is 1. The number of unbranched alkanes of at least 4 members (excludes halogenated alkanes) is 2. The van der Waals surface area contributed by atoms with Crippen LogP contribution in [0.1, 0.15) is 56.4 Å². The van der Waals surface area contributed by atoms with Gasteiger partial charge in [0.2, 0.25) is 0 Å². The molecule has 0 spiro atoms. The van der Waals surface area contributed by atoms with Crippen molar-refractivity contribution >= 4 is 16.7 Å². The first kappa shape index (κ1) is 19.5. The molecule has 6 nitrogen and oxygen atoms in total. The fourth-order valence-electron chi connectivity index (χ4n) is 3.65. The van der Waals surface area contributed by atoms with Crippen LogP contribution in [0.2, 0.25) is 0 Å². The molecule has 2 heterocycles. The minimum absolute atomic E-state index is 0.103. The van der Waals surface area contributed by atoms with Crippen LogP contribution in [0.4, 0.5) is 0 Å². The molecule has 1 amide bonds. The van der Waals surface area contributed by atoms with E-state index < -0.39 is 0 Å². The lowest BCUT2D eigenvalue weighted by Gasteiger charge is -2.34. The van der Waals surface area contributed by atoms with Crippen molar-refractivity contribution in [2.24, 2.45) is 5.41 Å². The highest BCUT2D eigenvalue weighted by Gasteiger charge is 2.28. The lowest BCUT2D eigenvalue weighted by molar-refractivity contribution is 0.0916. The highest BCUT2D eigenvalue weighted by Crippen LogP contribution is 2.26. The van der Waals surface area contributed by atoms with Crippen molar-refractivity contribution in [1.29, 1.82) is 0 Å². The third-order valence-corrected chi connectivity index (χ3v) is 5.54. The largest absolute Gasteiger partial charge is 0.350 e. The second-order valence-electron chi connectivity index (χ2n) is 7.87. The Bertz CT molecular complexity index is 853. The molecular formula is C21H30N4O2. The monoisotopic (exact) mass is 370 g/mol. The second-order valence-corrected chi connectivity index (χ2v) is 7.87. The zero-order valence-electron chi connectivity index (χ0n) is 16.4. The fourth-order valence-corrected chi connectivity index (χ4v) is 3.65. The standard InChI is InChI=1S/C21H30N4O2/c1-3-4-7-14-25-20(27)17-9-6-5-8-16(17)18(24-25)19(26)23-15-21(2)10-12-22-13-11-21/h5-6,8-9,22H,3-4,7,10-15H2,1-2H3,(H,23,26). The summed E-state index contributed by atoms with van der Waals surface area (Å²) < 4.78 is 1.46. The van der Waals surface area contributed by atoms with Gasteiger partial charge in [0.15, 0.2) is 5.69 Å². The Morgan fingerprint density at radius 3 is 2.63 bits per heavy atom. The minimum Gasteiger partial charge on any atom is -0.350 e. The van der Waals surface area contributed by atoms with Gasteiger partial charge in [-0.25, -0.2) is 4.68 Å². The molecule has 1 aliphatic heterocycles. The van der Waals surface area contributed by atoms with Crippen molar-refractivity contribution in [2.75, 3.05) is 19.6 Å². The summed E-state index contributed by atoms with van der Waals surface area (Å²) in [6.45, 7) is 7.47. The van der Waals surface area contributed by atoms with Gasteiger partial charge in [-0.3, -0.25) is 9.59 Å². The van der Waals surface area contributed by atoms with Crippen molar-refractivity contribution in [1.82, 2.24) is 20.4 Å². The highest BCUT2D eigenvalue weighted by molar-refractivity contribution is 6.04. The van der Waals surface area contributed by atoms with Crippen LogP contribution < -0.4 is 16.2 Å². The van der Waals surface area contributed by atoms with Gasteiger partial charge in [-0.1, -0.05) is 44.9 Å². The van der Waals surface area contributed by atoms with E-state index >= 15 is 0 Å². The molecule has 1 aliphatic rings. The van der Waals surface area contributed by atoms with E-state index in [2.05, 4.69) is 29.6 Å². The Balaban J connectivity index is 1.86. The zero-order chi connectivity index (χ0) is 19.3. The normalized spacial score (nSPS) is 16.4. The number of amides is 1. The number of carbonyl (C=O) groups is 1. The summed E-state index contributed by atoms with van der Waals surface area (Å²) >= 11 is 0. The van der Waals surface area contributed by atoms with Crippen molar-refractivity contribution in [3.63, 3.8) is 0 Å². The molecule has 2 aromatic rings. The number of piperidine rings is 1. The molecule has 3 rings (SSSR count). The van der Waals surface area contributed by atoms with E-state index in [1.807, 2.05) is 12.1 Å². The number of benzene rings is 1. The van der Waals surface area contributed by atoms with Crippen LogP contribution in [-0.2, 0) is 6.54 Å². The Hall–Kier alpha value is -2.21. The fraction of sp³-hybridized carbons (Fsp3) is 0.571. The van der Waals surface area contributed by atoms with Gasteiger partial charge in [0.05, 0.1) is 5.39 Å². The molecule has 2 N–H and O–H groups in total. The van der Waals surface area contributed by atoms with E-state index in [9.17, 15) is 9.59 Å².